The number of carbonyl (C=O) groups is 2. The van der Waals surface area contributed by atoms with E-state index in [4.69, 9.17) is 16.3 Å². The van der Waals surface area contributed by atoms with Crippen molar-refractivity contribution < 1.29 is 14.3 Å². The lowest BCUT2D eigenvalue weighted by atomic mass is 9.95. The highest BCUT2D eigenvalue weighted by Gasteiger charge is 2.16. The number of hydrogen-bond donors (Lipinski definition) is 2. The maximum Gasteiger partial charge on any atom is 0.262 e. The van der Waals surface area contributed by atoms with Crippen LogP contribution < -0.4 is 15.4 Å². The molecule has 1 aliphatic carbocycles. The monoisotopic (exact) mass is 400 g/mol. The van der Waals surface area contributed by atoms with E-state index in [0.29, 0.717) is 22.0 Å². The Labute approximate surface area is 170 Å². The zero-order valence-electron chi connectivity index (χ0n) is 16.0. The molecule has 2 aromatic carbocycles. The van der Waals surface area contributed by atoms with Crippen LogP contribution in [-0.4, -0.2) is 24.5 Å². The first-order chi connectivity index (χ1) is 13.5. The molecule has 0 heterocycles. The summed E-state index contributed by atoms with van der Waals surface area (Å²) in [4.78, 5) is 24.4. The Morgan fingerprint density at radius 2 is 1.79 bits per heavy atom. The lowest BCUT2D eigenvalue weighted by molar-refractivity contribution is -0.118. The van der Waals surface area contributed by atoms with Gasteiger partial charge in [-0.05, 0) is 61.7 Å². The number of rotatable bonds is 6. The number of aryl methyl sites for hydroxylation is 1. The van der Waals surface area contributed by atoms with Crippen LogP contribution in [-0.2, 0) is 4.79 Å². The molecular weight excluding hydrogens is 376 g/mol. The maximum atomic E-state index is 12.3. The summed E-state index contributed by atoms with van der Waals surface area (Å²) >= 11 is 6.06. The highest BCUT2D eigenvalue weighted by atomic mass is 35.5. The first-order valence-corrected chi connectivity index (χ1v) is 9.99. The molecule has 0 saturated heterocycles. The van der Waals surface area contributed by atoms with Gasteiger partial charge in [-0.2, -0.15) is 0 Å². The molecule has 1 fully saturated rings. The third-order valence-electron chi connectivity index (χ3n) is 4.88. The van der Waals surface area contributed by atoms with Crippen LogP contribution in [0.5, 0.6) is 5.75 Å². The van der Waals surface area contributed by atoms with E-state index in [0.717, 1.165) is 18.4 Å². The molecule has 0 aromatic heterocycles. The molecule has 0 atom stereocenters. The fourth-order valence-electron chi connectivity index (χ4n) is 3.23. The Balaban J connectivity index is 1.47. The minimum atomic E-state index is -0.279. The van der Waals surface area contributed by atoms with Crippen molar-refractivity contribution in [2.24, 2.45) is 0 Å². The molecule has 0 spiro atoms. The number of amides is 2. The minimum absolute atomic E-state index is 0.0626. The summed E-state index contributed by atoms with van der Waals surface area (Å²) in [6.45, 7) is 1.77. The second-order valence-electron chi connectivity index (χ2n) is 7.13. The third kappa shape index (κ3) is 5.73. The van der Waals surface area contributed by atoms with E-state index in [1.807, 2.05) is 13.0 Å². The van der Waals surface area contributed by atoms with E-state index >= 15 is 0 Å². The van der Waals surface area contributed by atoms with E-state index in [1.165, 1.54) is 19.3 Å². The summed E-state index contributed by atoms with van der Waals surface area (Å²) in [5.41, 5.74) is 2.17. The maximum absolute atomic E-state index is 12.3. The molecule has 6 heteroatoms. The summed E-state index contributed by atoms with van der Waals surface area (Å²) < 4.78 is 5.50. The van der Waals surface area contributed by atoms with Crippen molar-refractivity contribution in [2.75, 3.05) is 11.9 Å². The lowest BCUT2D eigenvalue weighted by Crippen LogP contribution is -2.36. The van der Waals surface area contributed by atoms with E-state index in [9.17, 15) is 9.59 Å². The summed E-state index contributed by atoms with van der Waals surface area (Å²) in [5, 5.41) is 6.43. The fourth-order valence-corrected chi connectivity index (χ4v) is 3.42. The quantitative estimate of drug-likeness (QED) is 0.736. The highest BCUT2D eigenvalue weighted by Crippen LogP contribution is 2.20. The highest BCUT2D eigenvalue weighted by molar-refractivity contribution is 6.31. The number of carbonyl (C=O) groups excluding carboxylic acids is 2. The average Bonchev–Trinajstić information content (AvgIpc) is 2.70. The van der Waals surface area contributed by atoms with Gasteiger partial charge in [0.25, 0.3) is 11.8 Å². The Morgan fingerprint density at radius 3 is 2.46 bits per heavy atom. The molecule has 0 unspecified atom stereocenters. The van der Waals surface area contributed by atoms with Gasteiger partial charge < -0.3 is 15.4 Å². The van der Waals surface area contributed by atoms with Gasteiger partial charge in [-0.1, -0.05) is 36.9 Å². The van der Waals surface area contributed by atoms with Crippen molar-refractivity contribution in [3.8, 4) is 5.75 Å². The molecule has 2 amide bonds. The van der Waals surface area contributed by atoms with Crippen LogP contribution in [0.15, 0.2) is 42.5 Å². The van der Waals surface area contributed by atoms with E-state index in [1.54, 1.807) is 36.4 Å². The first kappa shape index (κ1) is 20.2. The van der Waals surface area contributed by atoms with Crippen molar-refractivity contribution in [2.45, 2.75) is 45.1 Å². The summed E-state index contributed by atoms with van der Waals surface area (Å²) in [5.74, 6) is 0.192. The number of anilines is 1. The van der Waals surface area contributed by atoms with Crippen LogP contribution in [0.1, 0.15) is 48.0 Å². The third-order valence-corrected chi connectivity index (χ3v) is 5.29. The summed E-state index contributed by atoms with van der Waals surface area (Å²) in [6.07, 6.45) is 5.70. The van der Waals surface area contributed by atoms with Gasteiger partial charge >= 0.3 is 0 Å². The molecule has 28 heavy (non-hydrogen) atoms. The largest absolute Gasteiger partial charge is 0.484 e. The molecule has 0 aliphatic heterocycles. The number of nitrogens with one attached hydrogen (secondary N) is 2. The van der Waals surface area contributed by atoms with Gasteiger partial charge in [-0.3, -0.25) is 9.59 Å². The number of hydrogen-bond acceptors (Lipinski definition) is 3. The van der Waals surface area contributed by atoms with E-state index in [2.05, 4.69) is 10.6 Å². The van der Waals surface area contributed by atoms with Gasteiger partial charge in [0.2, 0.25) is 0 Å². The van der Waals surface area contributed by atoms with Gasteiger partial charge in [0.15, 0.2) is 6.61 Å². The Bertz CT molecular complexity index is 830. The van der Waals surface area contributed by atoms with Crippen molar-refractivity contribution in [1.29, 1.82) is 0 Å². The van der Waals surface area contributed by atoms with Crippen molar-refractivity contribution in [3.63, 3.8) is 0 Å². The van der Waals surface area contributed by atoms with Crippen LogP contribution in [0.25, 0.3) is 0 Å². The molecular formula is C22H25ClN2O3. The first-order valence-electron chi connectivity index (χ1n) is 9.61. The van der Waals surface area contributed by atoms with Gasteiger partial charge in [0.05, 0.1) is 0 Å². The average molecular weight is 401 g/mol. The van der Waals surface area contributed by atoms with Crippen molar-refractivity contribution in [1.82, 2.24) is 5.32 Å². The van der Waals surface area contributed by atoms with Crippen LogP contribution in [0.3, 0.4) is 0 Å². The standard InChI is InChI=1S/C22H25ClN2O3/c1-15-7-10-18(13-20(15)23)24-21(26)14-28-19-11-8-16(9-12-19)22(27)25-17-5-3-2-4-6-17/h7-13,17H,2-6,14H2,1H3,(H,24,26)(H,25,27). The lowest BCUT2D eigenvalue weighted by Gasteiger charge is -2.22. The predicted octanol–water partition coefficient (Wildman–Crippen LogP) is 4.73. The van der Waals surface area contributed by atoms with Gasteiger partial charge in [-0.25, -0.2) is 0 Å². The van der Waals surface area contributed by atoms with E-state index in [-0.39, 0.29) is 24.5 Å². The second kappa shape index (κ2) is 9.60. The van der Waals surface area contributed by atoms with E-state index < -0.39 is 0 Å². The zero-order valence-corrected chi connectivity index (χ0v) is 16.7. The van der Waals surface area contributed by atoms with Crippen molar-refractivity contribution >= 4 is 29.1 Å². The number of halogens is 1. The second-order valence-corrected chi connectivity index (χ2v) is 7.54. The van der Waals surface area contributed by atoms with Crippen molar-refractivity contribution in [3.05, 3.63) is 58.6 Å². The molecule has 1 saturated carbocycles. The zero-order chi connectivity index (χ0) is 19.9. The SMILES string of the molecule is Cc1ccc(NC(=O)COc2ccc(C(=O)NC3CCCCC3)cc2)cc1Cl. The van der Waals surface area contributed by atoms with Crippen LogP contribution >= 0.6 is 11.6 Å². The molecule has 2 N–H and O–H groups in total. The molecule has 148 valence electrons. The Morgan fingerprint density at radius 1 is 1.07 bits per heavy atom. The van der Waals surface area contributed by atoms with Gasteiger partial charge in [-0.15, -0.1) is 0 Å². The normalized spacial score (nSPS) is 14.4. The molecule has 1 aliphatic rings. The topological polar surface area (TPSA) is 67.4 Å². The Kier molecular flexibility index (Phi) is 6.93. The van der Waals surface area contributed by atoms with Crippen LogP contribution in [0, 0.1) is 6.92 Å². The smallest absolute Gasteiger partial charge is 0.262 e. The predicted molar refractivity (Wildman–Crippen MR) is 111 cm³/mol. The Hall–Kier alpha value is -2.53. The van der Waals surface area contributed by atoms with Crippen LogP contribution in [0.2, 0.25) is 5.02 Å². The summed E-state index contributed by atoms with van der Waals surface area (Å²) in [6, 6.07) is 12.4. The fraction of sp³-hybridized carbons (Fsp3) is 0.364. The molecule has 0 bridgehead atoms. The van der Waals surface area contributed by atoms with Gasteiger partial charge in [0, 0.05) is 22.3 Å². The number of ether oxygens (including phenoxy) is 1. The molecule has 2 aromatic rings. The van der Waals surface area contributed by atoms with Crippen LogP contribution in [0.4, 0.5) is 5.69 Å². The van der Waals surface area contributed by atoms with Gasteiger partial charge in [0.1, 0.15) is 5.75 Å². The molecule has 5 nitrogen and oxygen atoms in total. The molecule has 3 rings (SSSR count). The molecule has 0 radical (unpaired) electrons. The number of benzene rings is 2. The minimum Gasteiger partial charge on any atom is -0.484 e. The summed E-state index contributed by atoms with van der Waals surface area (Å²) in [7, 11) is 0.